The number of aliphatic hydroxyl groups is 1. The third-order valence-electron chi connectivity index (χ3n) is 2.90. The second kappa shape index (κ2) is 5.42. The maximum absolute atomic E-state index is 11.8. The van der Waals surface area contributed by atoms with E-state index in [4.69, 9.17) is 11.6 Å². The van der Waals surface area contributed by atoms with E-state index in [0.29, 0.717) is 0 Å². The van der Waals surface area contributed by atoms with Crippen LogP contribution >= 0.6 is 11.6 Å². The Morgan fingerprint density at radius 1 is 1.29 bits per heavy atom. The number of hydrogen-bond acceptors (Lipinski definition) is 4. The number of carbonyl (C=O) groups excluding carboxylic acids is 1. The summed E-state index contributed by atoms with van der Waals surface area (Å²) < 4.78 is 0. The number of carbonyl (C=O) groups is 1. The quantitative estimate of drug-likeness (QED) is 0.832. The molecule has 5 nitrogen and oxygen atoms in total. The molecular formula is C11H14ClN3O2. The summed E-state index contributed by atoms with van der Waals surface area (Å²) in [6, 6.07) is 3.19. The van der Waals surface area contributed by atoms with Crippen LogP contribution < -0.4 is 5.32 Å². The van der Waals surface area contributed by atoms with Crippen molar-refractivity contribution in [2.75, 3.05) is 0 Å². The lowest BCUT2D eigenvalue weighted by Gasteiger charge is -2.25. The largest absolute Gasteiger partial charge is 0.393 e. The fourth-order valence-corrected chi connectivity index (χ4v) is 2.02. The molecule has 1 aliphatic rings. The average Bonchev–Trinajstić information content (AvgIpc) is 2.33. The Morgan fingerprint density at radius 2 is 2.00 bits per heavy atom. The topological polar surface area (TPSA) is 75.1 Å². The van der Waals surface area contributed by atoms with E-state index in [-0.39, 0.29) is 28.9 Å². The van der Waals surface area contributed by atoms with Crippen LogP contribution in [0.1, 0.15) is 36.2 Å². The van der Waals surface area contributed by atoms with Crippen molar-refractivity contribution in [2.45, 2.75) is 37.8 Å². The predicted octanol–water partition coefficient (Wildman–Crippen LogP) is 1.16. The zero-order valence-electron chi connectivity index (χ0n) is 9.27. The maximum Gasteiger partial charge on any atom is 0.272 e. The van der Waals surface area contributed by atoms with Gasteiger partial charge in [0, 0.05) is 6.04 Å². The normalized spacial score (nSPS) is 24.4. The van der Waals surface area contributed by atoms with E-state index in [1.165, 1.54) is 6.07 Å². The first-order valence-corrected chi connectivity index (χ1v) is 6.01. The van der Waals surface area contributed by atoms with Crippen LogP contribution in [0.3, 0.4) is 0 Å². The van der Waals surface area contributed by atoms with Gasteiger partial charge in [0.2, 0.25) is 0 Å². The SMILES string of the molecule is O=C(NC1CCC(O)CC1)c1ccc(Cl)nn1. The van der Waals surface area contributed by atoms with E-state index in [1.54, 1.807) is 6.07 Å². The summed E-state index contributed by atoms with van der Waals surface area (Å²) in [4.78, 5) is 11.8. The van der Waals surface area contributed by atoms with Crippen molar-refractivity contribution in [3.05, 3.63) is 23.0 Å². The minimum atomic E-state index is -0.240. The van der Waals surface area contributed by atoms with Crippen molar-refractivity contribution in [1.29, 1.82) is 0 Å². The van der Waals surface area contributed by atoms with Crippen molar-refractivity contribution >= 4 is 17.5 Å². The fourth-order valence-electron chi connectivity index (χ4n) is 1.92. The van der Waals surface area contributed by atoms with Gasteiger partial charge in [-0.3, -0.25) is 4.79 Å². The van der Waals surface area contributed by atoms with Gasteiger partial charge in [-0.15, -0.1) is 10.2 Å². The van der Waals surface area contributed by atoms with E-state index in [2.05, 4.69) is 15.5 Å². The van der Waals surface area contributed by atoms with Crippen molar-refractivity contribution in [2.24, 2.45) is 0 Å². The van der Waals surface area contributed by atoms with Crippen molar-refractivity contribution in [1.82, 2.24) is 15.5 Å². The van der Waals surface area contributed by atoms with Gasteiger partial charge in [0.15, 0.2) is 10.8 Å². The van der Waals surface area contributed by atoms with E-state index in [0.717, 1.165) is 25.7 Å². The molecule has 0 unspecified atom stereocenters. The highest BCUT2D eigenvalue weighted by Crippen LogP contribution is 2.18. The summed E-state index contributed by atoms with van der Waals surface area (Å²) >= 11 is 5.59. The molecule has 1 fully saturated rings. The summed E-state index contributed by atoms with van der Waals surface area (Å²) in [6.07, 6.45) is 2.84. The smallest absolute Gasteiger partial charge is 0.272 e. The summed E-state index contributed by atoms with van der Waals surface area (Å²) in [5.74, 6) is -0.240. The Morgan fingerprint density at radius 3 is 2.59 bits per heavy atom. The van der Waals surface area contributed by atoms with Gasteiger partial charge in [-0.1, -0.05) is 11.6 Å². The summed E-state index contributed by atoms with van der Waals surface area (Å²) in [5, 5.41) is 19.8. The number of nitrogens with zero attached hydrogens (tertiary/aromatic N) is 2. The molecule has 0 spiro atoms. The molecule has 0 aliphatic heterocycles. The Bertz CT molecular complexity index is 388. The standard InChI is InChI=1S/C11H14ClN3O2/c12-10-6-5-9(14-15-10)11(17)13-7-1-3-8(16)4-2-7/h5-8,16H,1-4H2,(H,13,17). The number of rotatable bonds is 2. The fraction of sp³-hybridized carbons (Fsp3) is 0.545. The van der Waals surface area contributed by atoms with Gasteiger partial charge < -0.3 is 10.4 Å². The van der Waals surface area contributed by atoms with Crippen LogP contribution in [0.15, 0.2) is 12.1 Å². The summed E-state index contributed by atoms with van der Waals surface area (Å²) in [6.45, 7) is 0. The van der Waals surface area contributed by atoms with Gasteiger partial charge >= 0.3 is 0 Å². The second-order valence-electron chi connectivity index (χ2n) is 4.22. The highest BCUT2D eigenvalue weighted by atomic mass is 35.5. The number of nitrogens with one attached hydrogen (secondary N) is 1. The molecular weight excluding hydrogens is 242 g/mol. The van der Waals surface area contributed by atoms with Crippen LogP contribution in [0.5, 0.6) is 0 Å². The van der Waals surface area contributed by atoms with Crippen LogP contribution in [-0.2, 0) is 0 Å². The Hall–Kier alpha value is -1.20. The Kier molecular flexibility index (Phi) is 3.91. The van der Waals surface area contributed by atoms with Crippen LogP contribution in [0, 0.1) is 0 Å². The molecule has 0 saturated heterocycles. The molecule has 2 N–H and O–H groups in total. The highest BCUT2D eigenvalue weighted by molar-refractivity contribution is 6.29. The molecule has 0 bridgehead atoms. The molecule has 2 rings (SSSR count). The van der Waals surface area contributed by atoms with Crippen molar-refractivity contribution in [3.63, 3.8) is 0 Å². The van der Waals surface area contributed by atoms with Gasteiger partial charge in [0.05, 0.1) is 6.10 Å². The average molecular weight is 256 g/mol. The molecule has 1 saturated carbocycles. The number of amides is 1. The van der Waals surface area contributed by atoms with E-state index < -0.39 is 0 Å². The molecule has 1 aromatic rings. The minimum absolute atomic E-state index is 0.114. The van der Waals surface area contributed by atoms with E-state index in [1.807, 2.05) is 0 Å². The molecule has 1 amide bonds. The zero-order chi connectivity index (χ0) is 12.3. The van der Waals surface area contributed by atoms with Gasteiger partial charge in [0.1, 0.15) is 0 Å². The molecule has 92 valence electrons. The third-order valence-corrected chi connectivity index (χ3v) is 3.10. The number of aliphatic hydroxyl groups excluding tert-OH is 1. The Labute approximate surface area is 104 Å². The maximum atomic E-state index is 11.8. The minimum Gasteiger partial charge on any atom is -0.393 e. The Balaban J connectivity index is 1.91. The first kappa shape index (κ1) is 12.3. The first-order valence-electron chi connectivity index (χ1n) is 5.63. The lowest BCUT2D eigenvalue weighted by Crippen LogP contribution is -2.38. The van der Waals surface area contributed by atoms with E-state index in [9.17, 15) is 9.90 Å². The summed E-state index contributed by atoms with van der Waals surface area (Å²) in [7, 11) is 0. The predicted molar refractivity (Wildman–Crippen MR) is 62.8 cm³/mol. The van der Waals surface area contributed by atoms with E-state index >= 15 is 0 Å². The third kappa shape index (κ3) is 3.38. The van der Waals surface area contributed by atoms with Gasteiger partial charge in [-0.25, -0.2) is 0 Å². The highest BCUT2D eigenvalue weighted by Gasteiger charge is 2.21. The van der Waals surface area contributed by atoms with Crippen LogP contribution in [0.4, 0.5) is 0 Å². The summed E-state index contributed by atoms with van der Waals surface area (Å²) in [5.41, 5.74) is 0.264. The molecule has 1 aromatic heterocycles. The lowest BCUT2D eigenvalue weighted by molar-refractivity contribution is 0.0862. The monoisotopic (exact) mass is 255 g/mol. The van der Waals surface area contributed by atoms with Crippen LogP contribution in [0.25, 0.3) is 0 Å². The van der Waals surface area contributed by atoms with Crippen LogP contribution in [-0.4, -0.2) is 33.4 Å². The molecule has 0 atom stereocenters. The number of hydrogen-bond donors (Lipinski definition) is 2. The molecule has 6 heteroatoms. The van der Waals surface area contributed by atoms with Gasteiger partial charge in [0.25, 0.3) is 5.91 Å². The first-order chi connectivity index (χ1) is 8.15. The van der Waals surface area contributed by atoms with Gasteiger partial charge in [-0.2, -0.15) is 0 Å². The zero-order valence-corrected chi connectivity index (χ0v) is 10.0. The van der Waals surface area contributed by atoms with Crippen LogP contribution in [0.2, 0.25) is 5.15 Å². The van der Waals surface area contributed by atoms with Gasteiger partial charge in [-0.05, 0) is 37.8 Å². The van der Waals surface area contributed by atoms with Crippen molar-refractivity contribution in [3.8, 4) is 0 Å². The molecule has 0 radical (unpaired) electrons. The number of aromatic nitrogens is 2. The second-order valence-corrected chi connectivity index (χ2v) is 4.61. The lowest BCUT2D eigenvalue weighted by atomic mass is 9.93. The van der Waals surface area contributed by atoms with Crippen molar-refractivity contribution < 1.29 is 9.90 Å². The molecule has 1 heterocycles. The molecule has 17 heavy (non-hydrogen) atoms. The molecule has 1 aliphatic carbocycles. The number of halogens is 1. The molecule has 0 aromatic carbocycles.